The number of amides is 1. The minimum absolute atomic E-state index is 0.0289. The Morgan fingerprint density at radius 3 is 2.76 bits per heavy atom. The van der Waals surface area contributed by atoms with Gasteiger partial charge in [0.05, 0.1) is 0 Å². The lowest BCUT2D eigenvalue weighted by atomic mass is 9.96. The maximum absolute atomic E-state index is 11.7. The van der Waals surface area contributed by atoms with Crippen LogP contribution in [0.4, 0.5) is 5.69 Å². The number of aryl methyl sites for hydroxylation is 1. The molecule has 0 spiro atoms. The molecular formula is C17H19N3O. The number of aromatic nitrogens is 1. The molecule has 0 saturated heterocycles. The van der Waals surface area contributed by atoms with Gasteiger partial charge in [-0.2, -0.15) is 0 Å². The van der Waals surface area contributed by atoms with Gasteiger partial charge in [0, 0.05) is 43.2 Å². The molecule has 2 aromatic rings. The summed E-state index contributed by atoms with van der Waals surface area (Å²) in [5.41, 5.74) is 11.3. The number of fused-ring (bicyclic) bond motifs is 1. The van der Waals surface area contributed by atoms with Gasteiger partial charge in [-0.15, -0.1) is 0 Å². The number of nitrogens with two attached hydrogens (primary N) is 1. The highest BCUT2D eigenvalue weighted by Crippen LogP contribution is 2.31. The average Bonchev–Trinajstić information content (AvgIpc) is 2.51. The predicted octanol–water partition coefficient (Wildman–Crippen LogP) is 2.68. The molecule has 4 heteroatoms. The van der Waals surface area contributed by atoms with Crippen molar-refractivity contribution in [1.82, 2.24) is 4.98 Å². The highest BCUT2D eigenvalue weighted by atomic mass is 16.2. The lowest BCUT2D eigenvalue weighted by Gasteiger charge is -2.26. The van der Waals surface area contributed by atoms with Crippen LogP contribution >= 0.6 is 0 Å². The third-order valence-electron chi connectivity index (χ3n) is 4.04. The van der Waals surface area contributed by atoms with Gasteiger partial charge in [-0.1, -0.05) is 6.07 Å². The monoisotopic (exact) mass is 281 g/mol. The van der Waals surface area contributed by atoms with Crippen molar-refractivity contribution in [2.45, 2.75) is 25.8 Å². The molecule has 1 aromatic carbocycles. The van der Waals surface area contributed by atoms with E-state index in [-0.39, 0.29) is 11.9 Å². The van der Waals surface area contributed by atoms with E-state index in [1.54, 1.807) is 11.1 Å². The Morgan fingerprint density at radius 1 is 1.19 bits per heavy atom. The minimum atomic E-state index is -0.0289. The third-order valence-corrected chi connectivity index (χ3v) is 4.04. The Hall–Kier alpha value is -2.20. The molecule has 0 saturated carbocycles. The standard InChI is InChI=1S/C17H19N3O/c1-11(18)14-8-15(10-19-9-14)12-3-5-16-13(7-12)4-6-17(21)20(16)2/h3,5,7-11H,4,6,18H2,1-2H3/t11-/m0/s1. The second kappa shape index (κ2) is 5.30. The third kappa shape index (κ3) is 2.54. The average molecular weight is 281 g/mol. The second-order valence-corrected chi connectivity index (χ2v) is 5.59. The first-order valence-electron chi connectivity index (χ1n) is 7.16. The Bertz CT molecular complexity index is 694. The van der Waals surface area contributed by atoms with Crippen LogP contribution in [0.15, 0.2) is 36.7 Å². The molecule has 1 aromatic heterocycles. The summed E-state index contributed by atoms with van der Waals surface area (Å²) in [6.45, 7) is 1.95. The summed E-state index contributed by atoms with van der Waals surface area (Å²) >= 11 is 0. The fraction of sp³-hybridized carbons (Fsp3) is 0.294. The number of carbonyl (C=O) groups is 1. The van der Waals surface area contributed by atoms with Crippen molar-refractivity contribution < 1.29 is 4.79 Å². The molecule has 1 aliphatic heterocycles. The molecule has 1 amide bonds. The summed E-state index contributed by atoms with van der Waals surface area (Å²) in [4.78, 5) is 17.7. The quantitative estimate of drug-likeness (QED) is 0.920. The lowest BCUT2D eigenvalue weighted by molar-refractivity contribution is -0.118. The summed E-state index contributed by atoms with van der Waals surface area (Å²) < 4.78 is 0. The number of carbonyl (C=O) groups excluding carboxylic acids is 1. The number of benzene rings is 1. The van der Waals surface area contributed by atoms with E-state index in [9.17, 15) is 4.79 Å². The van der Waals surface area contributed by atoms with Crippen molar-refractivity contribution >= 4 is 11.6 Å². The topological polar surface area (TPSA) is 59.2 Å². The molecule has 4 nitrogen and oxygen atoms in total. The van der Waals surface area contributed by atoms with E-state index in [4.69, 9.17) is 5.73 Å². The molecule has 0 aliphatic carbocycles. The van der Waals surface area contributed by atoms with Crippen molar-refractivity contribution in [2.75, 3.05) is 11.9 Å². The summed E-state index contributed by atoms with van der Waals surface area (Å²) in [5, 5.41) is 0. The summed E-state index contributed by atoms with van der Waals surface area (Å²) in [7, 11) is 1.83. The Morgan fingerprint density at radius 2 is 2.00 bits per heavy atom. The zero-order valence-electron chi connectivity index (χ0n) is 12.3. The molecule has 0 bridgehead atoms. The first-order chi connectivity index (χ1) is 10.1. The molecule has 0 fully saturated rings. The summed E-state index contributed by atoms with van der Waals surface area (Å²) in [6, 6.07) is 8.26. The minimum Gasteiger partial charge on any atom is -0.324 e. The van der Waals surface area contributed by atoms with Crippen LogP contribution in [-0.2, 0) is 11.2 Å². The lowest BCUT2D eigenvalue weighted by Crippen LogP contribution is -2.30. The smallest absolute Gasteiger partial charge is 0.227 e. The van der Waals surface area contributed by atoms with Crippen LogP contribution < -0.4 is 10.6 Å². The number of anilines is 1. The number of rotatable bonds is 2. The van der Waals surface area contributed by atoms with Crippen molar-refractivity contribution in [3.63, 3.8) is 0 Å². The molecule has 3 rings (SSSR count). The molecule has 21 heavy (non-hydrogen) atoms. The fourth-order valence-electron chi connectivity index (χ4n) is 2.70. The maximum Gasteiger partial charge on any atom is 0.227 e. The Balaban J connectivity index is 2.01. The molecular weight excluding hydrogens is 262 g/mol. The van der Waals surface area contributed by atoms with Gasteiger partial charge in [0.25, 0.3) is 0 Å². The Labute approximate surface area is 124 Å². The largest absolute Gasteiger partial charge is 0.324 e. The van der Waals surface area contributed by atoms with Crippen LogP contribution in [0.3, 0.4) is 0 Å². The zero-order valence-corrected chi connectivity index (χ0v) is 12.3. The van der Waals surface area contributed by atoms with E-state index < -0.39 is 0 Å². The van der Waals surface area contributed by atoms with E-state index in [1.165, 1.54) is 5.56 Å². The summed E-state index contributed by atoms with van der Waals surface area (Å²) in [6.07, 6.45) is 5.03. The van der Waals surface area contributed by atoms with Gasteiger partial charge in [0.2, 0.25) is 5.91 Å². The van der Waals surface area contributed by atoms with E-state index >= 15 is 0 Å². The van der Waals surface area contributed by atoms with Crippen molar-refractivity contribution in [2.24, 2.45) is 5.73 Å². The van der Waals surface area contributed by atoms with E-state index in [0.29, 0.717) is 6.42 Å². The molecule has 108 valence electrons. The van der Waals surface area contributed by atoms with Crippen LogP contribution in [-0.4, -0.2) is 17.9 Å². The SMILES string of the molecule is C[C@H](N)c1cncc(-c2ccc3c(c2)CCC(=O)N3C)c1. The van der Waals surface area contributed by atoms with Gasteiger partial charge in [-0.3, -0.25) is 9.78 Å². The van der Waals surface area contributed by atoms with Crippen molar-refractivity contribution in [3.05, 3.63) is 47.8 Å². The van der Waals surface area contributed by atoms with Gasteiger partial charge in [0.15, 0.2) is 0 Å². The van der Waals surface area contributed by atoms with E-state index in [0.717, 1.165) is 28.8 Å². The normalized spacial score (nSPS) is 15.8. The maximum atomic E-state index is 11.7. The van der Waals surface area contributed by atoms with Crippen LogP contribution in [0.5, 0.6) is 0 Å². The molecule has 1 atom stereocenters. The van der Waals surface area contributed by atoms with Crippen molar-refractivity contribution in [1.29, 1.82) is 0 Å². The molecule has 2 N–H and O–H groups in total. The van der Waals surface area contributed by atoms with Gasteiger partial charge < -0.3 is 10.6 Å². The number of nitrogens with zero attached hydrogens (tertiary/aromatic N) is 2. The molecule has 0 unspecified atom stereocenters. The zero-order chi connectivity index (χ0) is 15.0. The van der Waals surface area contributed by atoms with Gasteiger partial charge in [-0.25, -0.2) is 0 Å². The summed E-state index contributed by atoms with van der Waals surface area (Å²) in [5.74, 6) is 0.177. The number of pyridine rings is 1. The number of hydrogen-bond acceptors (Lipinski definition) is 3. The molecule has 1 aliphatic rings. The van der Waals surface area contributed by atoms with Gasteiger partial charge in [0.1, 0.15) is 0 Å². The van der Waals surface area contributed by atoms with E-state index in [2.05, 4.69) is 17.1 Å². The number of hydrogen-bond donors (Lipinski definition) is 1. The fourth-order valence-corrected chi connectivity index (χ4v) is 2.70. The molecule has 2 heterocycles. The molecule has 0 radical (unpaired) electrons. The van der Waals surface area contributed by atoms with Crippen LogP contribution in [0.2, 0.25) is 0 Å². The highest BCUT2D eigenvalue weighted by molar-refractivity contribution is 5.96. The van der Waals surface area contributed by atoms with Crippen LogP contribution in [0.25, 0.3) is 11.1 Å². The van der Waals surface area contributed by atoms with Gasteiger partial charge >= 0.3 is 0 Å². The predicted molar refractivity (Wildman–Crippen MR) is 84.0 cm³/mol. The van der Waals surface area contributed by atoms with E-state index in [1.807, 2.05) is 32.3 Å². The van der Waals surface area contributed by atoms with Crippen molar-refractivity contribution in [3.8, 4) is 11.1 Å². The first-order valence-corrected chi connectivity index (χ1v) is 7.16. The van der Waals surface area contributed by atoms with Gasteiger partial charge in [-0.05, 0) is 48.2 Å². The highest BCUT2D eigenvalue weighted by Gasteiger charge is 2.21. The van der Waals surface area contributed by atoms with Crippen LogP contribution in [0.1, 0.15) is 30.5 Å². The second-order valence-electron chi connectivity index (χ2n) is 5.59. The Kier molecular flexibility index (Phi) is 3.47. The van der Waals surface area contributed by atoms with Crippen LogP contribution in [0, 0.1) is 0 Å². The first kappa shape index (κ1) is 13.8.